The molecule has 0 fully saturated rings. The van der Waals surface area contributed by atoms with Crippen molar-refractivity contribution in [1.82, 2.24) is 5.32 Å². The Morgan fingerprint density at radius 3 is 2.15 bits per heavy atom. The average Bonchev–Trinajstić information content (AvgIpc) is 2.69. The maximum Gasteiger partial charge on any atom is 0.326 e. The van der Waals surface area contributed by atoms with Gasteiger partial charge in [-0.05, 0) is 36.3 Å². The maximum absolute atomic E-state index is 12.8. The van der Waals surface area contributed by atoms with Crippen molar-refractivity contribution in [3.8, 4) is 0 Å². The zero-order chi connectivity index (χ0) is 18.2. The lowest BCUT2D eigenvalue weighted by Gasteiger charge is -2.22. The molecule has 0 aromatic heterocycles. The van der Waals surface area contributed by atoms with Crippen molar-refractivity contribution in [2.45, 2.75) is 13.5 Å². The molecule has 0 saturated heterocycles. The van der Waals surface area contributed by atoms with E-state index in [0.29, 0.717) is 6.54 Å². The summed E-state index contributed by atoms with van der Waals surface area (Å²) < 4.78 is 0. The van der Waals surface area contributed by atoms with Gasteiger partial charge in [0.05, 0.1) is 6.54 Å². The number of carbonyl (C=O) groups is 1. The van der Waals surface area contributed by atoms with Crippen LogP contribution in [0.1, 0.15) is 16.7 Å². The second-order valence-electron chi connectivity index (χ2n) is 6.10. The minimum atomic E-state index is -0.164. The van der Waals surface area contributed by atoms with E-state index in [1.54, 1.807) is 11.1 Å². The summed E-state index contributed by atoms with van der Waals surface area (Å²) in [6.45, 7) is 2.56. The van der Waals surface area contributed by atoms with Gasteiger partial charge in [-0.3, -0.25) is 4.90 Å². The number of nitrogens with zero attached hydrogens (tertiary/aromatic N) is 1. The third-order valence-electron chi connectivity index (χ3n) is 4.06. The summed E-state index contributed by atoms with van der Waals surface area (Å²) in [6.07, 6.45) is 3.58. The summed E-state index contributed by atoms with van der Waals surface area (Å²) >= 11 is 0. The van der Waals surface area contributed by atoms with E-state index >= 15 is 0 Å². The molecule has 0 heterocycles. The molecule has 0 aliphatic rings. The van der Waals surface area contributed by atoms with E-state index in [1.165, 1.54) is 5.56 Å². The summed E-state index contributed by atoms with van der Waals surface area (Å²) in [7, 11) is 0. The predicted molar refractivity (Wildman–Crippen MR) is 108 cm³/mol. The van der Waals surface area contributed by atoms with E-state index < -0.39 is 0 Å². The molecule has 3 rings (SSSR count). The van der Waals surface area contributed by atoms with Crippen LogP contribution in [0.5, 0.6) is 0 Å². The Labute approximate surface area is 154 Å². The second-order valence-corrected chi connectivity index (χ2v) is 6.10. The molecule has 0 atom stereocenters. The van der Waals surface area contributed by atoms with Gasteiger partial charge in [0, 0.05) is 11.9 Å². The number of benzene rings is 3. The van der Waals surface area contributed by atoms with Crippen LogP contribution in [0.3, 0.4) is 0 Å². The highest BCUT2D eigenvalue weighted by Gasteiger charge is 2.14. The molecule has 3 heteroatoms. The number of para-hydroxylation sites is 1. The van der Waals surface area contributed by atoms with E-state index in [4.69, 9.17) is 0 Å². The highest BCUT2D eigenvalue weighted by molar-refractivity contribution is 5.92. The Bertz CT molecular complexity index is 856. The largest absolute Gasteiger partial charge is 0.326 e. The summed E-state index contributed by atoms with van der Waals surface area (Å²) in [5.74, 6) is 0. The van der Waals surface area contributed by atoms with Gasteiger partial charge in [0.2, 0.25) is 0 Å². The standard InChI is InChI=1S/C23H22N2O/c1-19-12-14-20(15-13-19)16-17-24-23(26)25(22-10-6-3-7-11-22)18-21-8-4-2-5-9-21/h2-17H,18H2,1H3,(H,24,26)/b17-16+. The molecule has 2 amide bonds. The highest BCUT2D eigenvalue weighted by Crippen LogP contribution is 2.17. The zero-order valence-electron chi connectivity index (χ0n) is 14.8. The lowest BCUT2D eigenvalue weighted by Crippen LogP contribution is -2.37. The molecule has 3 aromatic rings. The fourth-order valence-electron chi connectivity index (χ4n) is 2.62. The van der Waals surface area contributed by atoms with Crippen molar-refractivity contribution >= 4 is 17.8 Å². The number of hydrogen-bond acceptors (Lipinski definition) is 1. The highest BCUT2D eigenvalue weighted by atomic mass is 16.2. The Hall–Kier alpha value is -3.33. The Balaban J connectivity index is 1.73. The molecule has 0 spiro atoms. The van der Waals surface area contributed by atoms with Crippen molar-refractivity contribution < 1.29 is 4.79 Å². The Kier molecular flexibility index (Phi) is 5.84. The van der Waals surface area contributed by atoms with Crippen molar-refractivity contribution in [2.24, 2.45) is 0 Å². The number of anilines is 1. The third-order valence-corrected chi connectivity index (χ3v) is 4.06. The Morgan fingerprint density at radius 2 is 1.50 bits per heavy atom. The molecule has 0 aliphatic carbocycles. The topological polar surface area (TPSA) is 32.3 Å². The van der Waals surface area contributed by atoms with Gasteiger partial charge in [-0.1, -0.05) is 78.4 Å². The second kappa shape index (κ2) is 8.67. The number of aryl methyl sites for hydroxylation is 1. The molecule has 0 bridgehead atoms. The normalized spacial score (nSPS) is 10.7. The lowest BCUT2D eigenvalue weighted by molar-refractivity contribution is 0.249. The van der Waals surface area contributed by atoms with Crippen molar-refractivity contribution in [3.63, 3.8) is 0 Å². The number of hydrogen-bond donors (Lipinski definition) is 1. The van der Waals surface area contributed by atoms with E-state index in [1.807, 2.05) is 91.0 Å². The van der Waals surface area contributed by atoms with Crippen LogP contribution in [0.4, 0.5) is 10.5 Å². The third kappa shape index (κ3) is 4.84. The maximum atomic E-state index is 12.8. The first-order valence-corrected chi connectivity index (χ1v) is 8.62. The van der Waals surface area contributed by atoms with Crippen LogP contribution in [0, 0.1) is 6.92 Å². The molecule has 0 radical (unpaired) electrons. The van der Waals surface area contributed by atoms with Gasteiger partial charge in [0.15, 0.2) is 0 Å². The molecular formula is C23H22N2O. The first kappa shape index (κ1) is 17.5. The fourth-order valence-corrected chi connectivity index (χ4v) is 2.62. The van der Waals surface area contributed by atoms with Crippen molar-refractivity contribution in [3.05, 3.63) is 108 Å². The van der Waals surface area contributed by atoms with Crippen molar-refractivity contribution in [2.75, 3.05) is 4.90 Å². The van der Waals surface area contributed by atoms with Crippen LogP contribution in [0.25, 0.3) is 6.08 Å². The summed E-state index contributed by atoms with van der Waals surface area (Å²) in [6, 6.07) is 27.6. The SMILES string of the molecule is Cc1ccc(/C=C/NC(=O)N(Cc2ccccc2)c2ccccc2)cc1. The molecule has 0 aliphatic heterocycles. The van der Waals surface area contributed by atoms with Crippen LogP contribution in [0.2, 0.25) is 0 Å². The fraction of sp³-hybridized carbons (Fsp3) is 0.0870. The van der Waals surface area contributed by atoms with Gasteiger partial charge >= 0.3 is 6.03 Å². The predicted octanol–water partition coefficient (Wildman–Crippen LogP) is 5.38. The van der Waals surface area contributed by atoms with E-state index in [9.17, 15) is 4.79 Å². The van der Waals surface area contributed by atoms with Gasteiger partial charge in [-0.15, -0.1) is 0 Å². The van der Waals surface area contributed by atoms with E-state index in [0.717, 1.165) is 16.8 Å². The quantitative estimate of drug-likeness (QED) is 0.663. The molecule has 3 nitrogen and oxygen atoms in total. The summed E-state index contributed by atoms with van der Waals surface area (Å²) in [5.41, 5.74) is 4.20. The number of nitrogens with one attached hydrogen (secondary N) is 1. The lowest BCUT2D eigenvalue weighted by atomic mass is 10.1. The van der Waals surface area contributed by atoms with Crippen LogP contribution < -0.4 is 10.2 Å². The molecular weight excluding hydrogens is 320 g/mol. The number of rotatable bonds is 5. The van der Waals surface area contributed by atoms with Gasteiger partial charge < -0.3 is 5.32 Å². The number of amides is 2. The summed E-state index contributed by atoms with van der Waals surface area (Å²) in [5, 5.41) is 2.87. The van der Waals surface area contributed by atoms with Gasteiger partial charge in [-0.2, -0.15) is 0 Å². The van der Waals surface area contributed by atoms with Crippen LogP contribution >= 0.6 is 0 Å². The molecule has 3 aromatic carbocycles. The zero-order valence-corrected chi connectivity index (χ0v) is 14.8. The molecule has 130 valence electrons. The minimum absolute atomic E-state index is 0.164. The van der Waals surface area contributed by atoms with Crippen LogP contribution in [-0.2, 0) is 6.54 Å². The van der Waals surface area contributed by atoms with Crippen LogP contribution in [-0.4, -0.2) is 6.03 Å². The molecule has 1 N–H and O–H groups in total. The van der Waals surface area contributed by atoms with E-state index in [2.05, 4.69) is 12.2 Å². The van der Waals surface area contributed by atoms with Gasteiger partial charge in [-0.25, -0.2) is 4.79 Å². The first-order chi connectivity index (χ1) is 12.7. The minimum Gasteiger partial charge on any atom is -0.314 e. The average molecular weight is 342 g/mol. The van der Waals surface area contributed by atoms with E-state index in [-0.39, 0.29) is 6.03 Å². The molecule has 0 unspecified atom stereocenters. The first-order valence-electron chi connectivity index (χ1n) is 8.62. The number of carbonyl (C=O) groups excluding carboxylic acids is 1. The Morgan fingerprint density at radius 1 is 0.885 bits per heavy atom. The van der Waals surface area contributed by atoms with Gasteiger partial charge in [0.25, 0.3) is 0 Å². The monoisotopic (exact) mass is 342 g/mol. The smallest absolute Gasteiger partial charge is 0.314 e. The number of urea groups is 1. The molecule has 26 heavy (non-hydrogen) atoms. The summed E-state index contributed by atoms with van der Waals surface area (Å²) in [4.78, 5) is 14.5. The molecule has 0 saturated carbocycles. The van der Waals surface area contributed by atoms with Gasteiger partial charge in [0.1, 0.15) is 0 Å². The van der Waals surface area contributed by atoms with Crippen molar-refractivity contribution in [1.29, 1.82) is 0 Å². The van der Waals surface area contributed by atoms with Crippen LogP contribution in [0.15, 0.2) is 91.1 Å².